The van der Waals surface area contributed by atoms with Gasteiger partial charge in [0.1, 0.15) is 18.1 Å². The number of nitrogens with zero attached hydrogens (tertiary/aromatic N) is 1. The second-order valence-corrected chi connectivity index (χ2v) is 7.87. The molecule has 0 aromatic carbocycles. The van der Waals surface area contributed by atoms with Crippen molar-refractivity contribution in [1.29, 1.82) is 0 Å². The highest BCUT2D eigenvalue weighted by atomic mass is 16.4. The van der Waals surface area contributed by atoms with Gasteiger partial charge < -0.3 is 43.2 Å². The largest absolute Gasteiger partial charge is 0.480 e. The summed E-state index contributed by atoms with van der Waals surface area (Å²) in [6.45, 7) is 1.72. The van der Waals surface area contributed by atoms with Gasteiger partial charge in [-0.3, -0.25) is 24.0 Å². The molecule has 0 saturated carbocycles. The molecule has 0 aliphatic carbocycles. The predicted molar refractivity (Wildman–Crippen MR) is 121 cm³/mol. The number of carboxylic acids is 1. The van der Waals surface area contributed by atoms with E-state index in [1.54, 1.807) is 0 Å². The zero-order valence-corrected chi connectivity index (χ0v) is 19.1. The number of aromatic amines is 1. The zero-order chi connectivity index (χ0) is 25.7. The number of aromatic nitrogens is 2. The molecule has 1 rings (SSSR count). The van der Waals surface area contributed by atoms with Gasteiger partial charge in [0.2, 0.25) is 23.6 Å². The van der Waals surface area contributed by atoms with E-state index in [1.807, 2.05) is 0 Å². The van der Waals surface area contributed by atoms with Crippen LogP contribution in [0.5, 0.6) is 0 Å². The number of H-pyrrole nitrogens is 1. The lowest BCUT2D eigenvalue weighted by atomic mass is 10.1. The van der Waals surface area contributed by atoms with E-state index in [4.69, 9.17) is 22.3 Å². The number of hydrogen-bond donors (Lipinski definition) is 8. The first-order valence-electron chi connectivity index (χ1n) is 10.9. The lowest BCUT2D eigenvalue weighted by Crippen LogP contribution is -2.57. The van der Waals surface area contributed by atoms with E-state index < -0.39 is 53.8 Å². The number of imidazole rings is 1. The molecular weight excluding hydrogens is 448 g/mol. The van der Waals surface area contributed by atoms with Gasteiger partial charge in [0.15, 0.2) is 0 Å². The van der Waals surface area contributed by atoms with Gasteiger partial charge in [0.05, 0.1) is 12.4 Å². The Balaban J connectivity index is 2.97. The Morgan fingerprint density at radius 1 is 1.03 bits per heavy atom. The molecule has 0 fully saturated rings. The normalized spacial score (nSPS) is 14.3. The van der Waals surface area contributed by atoms with Crippen LogP contribution in [-0.2, 0) is 30.4 Å². The number of aliphatic carboxylic acids is 1. The first kappa shape index (κ1) is 28.5. The van der Waals surface area contributed by atoms with Crippen molar-refractivity contribution < 1.29 is 29.1 Å². The van der Waals surface area contributed by atoms with Crippen LogP contribution in [0.4, 0.5) is 0 Å². The Labute approximate surface area is 196 Å². The summed E-state index contributed by atoms with van der Waals surface area (Å²) in [5, 5.41) is 16.3. The number of primary amides is 1. The summed E-state index contributed by atoms with van der Waals surface area (Å²) < 4.78 is 0. The average Bonchev–Trinajstić information content (AvgIpc) is 3.28. The molecule has 11 N–H and O–H groups in total. The number of hydrogen-bond acceptors (Lipinski definition) is 8. The minimum Gasteiger partial charge on any atom is -0.480 e. The van der Waals surface area contributed by atoms with Crippen LogP contribution in [0.15, 0.2) is 12.5 Å². The molecule has 34 heavy (non-hydrogen) atoms. The molecule has 0 bridgehead atoms. The van der Waals surface area contributed by atoms with Crippen LogP contribution in [-0.4, -0.2) is 75.4 Å². The molecule has 4 atom stereocenters. The van der Waals surface area contributed by atoms with Gasteiger partial charge in [-0.05, 0) is 32.7 Å². The second kappa shape index (κ2) is 14.6. The summed E-state index contributed by atoms with van der Waals surface area (Å²) in [6, 6.07) is -4.49. The third-order valence-electron chi connectivity index (χ3n) is 4.96. The molecule has 4 amide bonds. The summed E-state index contributed by atoms with van der Waals surface area (Å²) in [5.41, 5.74) is 17.1. The summed E-state index contributed by atoms with van der Waals surface area (Å²) in [5.74, 6) is -4.08. The van der Waals surface area contributed by atoms with E-state index in [-0.39, 0.29) is 19.3 Å². The lowest BCUT2D eigenvalue weighted by Gasteiger charge is -2.24. The number of carbonyl (C=O) groups is 5. The SMILES string of the molecule is CC(NC(=O)C(CCC(N)=O)NC(=O)C(Cc1cnc[nH]1)NC(=O)C(N)CCCCN)C(=O)O. The highest BCUT2D eigenvalue weighted by Gasteiger charge is 2.30. The van der Waals surface area contributed by atoms with Crippen molar-refractivity contribution in [3.05, 3.63) is 18.2 Å². The topological polar surface area (TPSA) is 248 Å². The molecule has 0 radical (unpaired) electrons. The summed E-state index contributed by atoms with van der Waals surface area (Å²) >= 11 is 0. The number of unbranched alkanes of at least 4 members (excludes halogenated alkanes) is 1. The molecule has 14 heteroatoms. The second-order valence-electron chi connectivity index (χ2n) is 7.87. The fraction of sp³-hybridized carbons (Fsp3) is 0.600. The van der Waals surface area contributed by atoms with Crippen LogP contribution in [0.1, 0.15) is 44.7 Å². The van der Waals surface area contributed by atoms with Gasteiger partial charge >= 0.3 is 5.97 Å². The molecule has 4 unspecified atom stereocenters. The predicted octanol–water partition coefficient (Wildman–Crippen LogP) is -2.77. The van der Waals surface area contributed by atoms with Crippen LogP contribution in [0, 0.1) is 0 Å². The standard InChI is InChI=1S/C20H34N8O6/c1-11(20(33)34)26-18(31)14(5-6-16(23)29)27-19(32)15(8-12-9-24-10-25-12)28-17(30)13(22)4-2-3-7-21/h9-11,13-15H,2-8,21-22H2,1H3,(H2,23,29)(H,24,25)(H,26,31)(H,27,32)(H,28,30)(H,33,34). The monoisotopic (exact) mass is 482 g/mol. The van der Waals surface area contributed by atoms with Crippen LogP contribution in [0.2, 0.25) is 0 Å². The Hall–Kier alpha value is -3.52. The van der Waals surface area contributed by atoms with E-state index in [9.17, 15) is 24.0 Å². The molecule has 0 saturated heterocycles. The maximum absolute atomic E-state index is 13.0. The van der Waals surface area contributed by atoms with Gasteiger partial charge in [-0.2, -0.15) is 0 Å². The highest BCUT2D eigenvalue weighted by Crippen LogP contribution is 2.05. The number of rotatable bonds is 16. The van der Waals surface area contributed by atoms with Crippen LogP contribution in [0.25, 0.3) is 0 Å². The molecule has 1 heterocycles. The van der Waals surface area contributed by atoms with Crippen molar-refractivity contribution in [3.8, 4) is 0 Å². The van der Waals surface area contributed by atoms with E-state index in [0.29, 0.717) is 31.5 Å². The quantitative estimate of drug-likeness (QED) is 0.113. The zero-order valence-electron chi connectivity index (χ0n) is 19.1. The highest BCUT2D eigenvalue weighted by molar-refractivity contribution is 5.94. The number of nitrogens with one attached hydrogen (secondary N) is 4. The van der Waals surface area contributed by atoms with Gasteiger partial charge in [0, 0.05) is 24.7 Å². The number of carboxylic acid groups (broad SMARTS) is 1. The minimum atomic E-state index is -1.28. The van der Waals surface area contributed by atoms with Gasteiger partial charge in [-0.1, -0.05) is 6.42 Å². The Morgan fingerprint density at radius 2 is 1.68 bits per heavy atom. The Morgan fingerprint density at radius 3 is 2.24 bits per heavy atom. The maximum atomic E-state index is 13.0. The van der Waals surface area contributed by atoms with Crippen LogP contribution >= 0.6 is 0 Å². The van der Waals surface area contributed by atoms with Crippen molar-refractivity contribution in [3.63, 3.8) is 0 Å². The number of amides is 4. The Kier molecular flexibility index (Phi) is 12.2. The first-order chi connectivity index (χ1) is 16.0. The third-order valence-corrected chi connectivity index (χ3v) is 4.96. The van der Waals surface area contributed by atoms with Crippen LogP contribution in [0.3, 0.4) is 0 Å². The van der Waals surface area contributed by atoms with E-state index >= 15 is 0 Å². The average molecular weight is 483 g/mol. The third kappa shape index (κ3) is 10.4. The van der Waals surface area contributed by atoms with Crippen molar-refractivity contribution in [2.24, 2.45) is 17.2 Å². The molecule has 0 spiro atoms. The van der Waals surface area contributed by atoms with E-state index in [2.05, 4.69) is 25.9 Å². The minimum absolute atomic E-state index is 0.0166. The maximum Gasteiger partial charge on any atom is 0.325 e. The van der Waals surface area contributed by atoms with Gasteiger partial charge in [-0.15, -0.1) is 0 Å². The van der Waals surface area contributed by atoms with Crippen molar-refractivity contribution in [2.75, 3.05) is 6.54 Å². The fourth-order valence-corrected chi connectivity index (χ4v) is 2.95. The van der Waals surface area contributed by atoms with Crippen molar-refractivity contribution in [2.45, 2.75) is 69.6 Å². The fourth-order valence-electron chi connectivity index (χ4n) is 2.95. The van der Waals surface area contributed by atoms with Crippen molar-refractivity contribution >= 4 is 29.6 Å². The molecule has 1 aromatic heterocycles. The first-order valence-corrected chi connectivity index (χ1v) is 10.9. The number of nitrogens with two attached hydrogens (primary N) is 3. The molecule has 190 valence electrons. The van der Waals surface area contributed by atoms with Gasteiger partial charge in [-0.25, -0.2) is 4.98 Å². The molecule has 0 aliphatic heterocycles. The molecular formula is C20H34N8O6. The lowest BCUT2D eigenvalue weighted by molar-refractivity contribution is -0.142. The Bertz CT molecular complexity index is 831. The molecule has 14 nitrogen and oxygen atoms in total. The van der Waals surface area contributed by atoms with Gasteiger partial charge in [0.25, 0.3) is 0 Å². The van der Waals surface area contributed by atoms with Crippen molar-refractivity contribution in [1.82, 2.24) is 25.9 Å². The number of carbonyl (C=O) groups excluding carboxylic acids is 4. The van der Waals surface area contributed by atoms with Crippen LogP contribution < -0.4 is 33.2 Å². The molecule has 1 aromatic rings. The van der Waals surface area contributed by atoms with E-state index in [1.165, 1.54) is 19.4 Å². The summed E-state index contributed by atoms with van der Waals surface area (Å²) in [7, 11) is 0. The molecule has 0 aliphatic rings. The summed E-state index contributed by atoms with van der Waals surface area (Å²) in [4.78, 5) is 67.1. The van der Waals surface area contributed by atoms with E-state index in [0.717, 1.165) is 0 Å². The smallest absolute Gasteiger partial charge is 0.325 e. The summed E-state index contributed by atoms with van der Waals surface area (Å²) in [6.07, 6.45) is 4.21.